The molecule has 2 aromatic rings. The van der Waals surface area contributed by atoms with Gasteiger partial charge in [-0.25, -0.2) is 0 Å². The monoisotopic (exact) mass is 242 g/mol. The predicted octanol–water partition coefficient (Wildman–Crippen LogP) is 3.74. The highest BCUT2D eigenvalue weighted by molar-refractivity contribution is 8.15. The normalized spacial score (nSPS) is 19.4. The highest BCUT2D eigenvalue weighted by Gasteiger charge is 2.14. The maximum atomic E-state index is 4.46. The molecule has 0 bridgehead atoms. The van der Waals surface area contributed by atoms with Gasteiger partial charge in [0.2, 0.25) is 0 Å². The molecule has 0 aromatic heterocycles. The van der Waals surface area contributed by atoms with Crippen LogP contribution in [0.15, 0.2) is 47.5 Å². The van der Waals surface area contributed by atoms with Crippen molar-refractivity contribution in [3.8, 4) is 0 Å². The number of benzene rings is 2. The zero-order chi connectivity index (χ0) is 11.7. The molecular weight excluding hydrogens is 228 g/mol. The Kier molecular flexibility index (Phi) is 2.77. The van der Waals surface area contributed by atoms with Crippen molar-refractivity contribution in [2.45, 2.75) is 12.2 Å². The number of rotatable bonds is 1. The van der Waals surface area contributed by atoms with Gasteiger partial charge >= 0.3 is 0 Å². The van der Waals surface area contributed by atoms with Crippen LogP contribution in [0, 0.1) is 0 Å². The van der Waals surface area contributed by atoms with Gasteiger partial charge < -0.3 is 5.32 Å². The molecule has 3 heteroatoms. The fourth-order valence-corrected chi connectivity index (χ4v) is 2.79. The van der Waals surface area contributed by atoms with Crippen LogP contribution >= 0.6 is 11.8 Å². The van der Waals surface area contributed by atoms with Gasteiger partial charge in [0.15, 0.2) is 5.17 Å². The average Bonchev–Trinajstić information content (AvgIpc) is 2.75. The van der Waals surface area contributed by atoms with Gasteiger partial charge in [-0.05, 0) is 22.9 Å². The summed E-state index contributed by atoms with van der Waals surface area (Å²) in [6.45, 7) is 3.11. The van der Waals surface area contributed by atoms with Gasteiger partial charge in [-0.2, -0.15) is 0 Å². The molecule has 1 N–H and O–H groups in total. The van der Waals surface area contributed by atoms with E-state index < -0.39 is 0 Å². The lowest BCUT2D eigenvalue weighted by atomic mass is 10.1. The third-order valence-electron chi connectivity index (χ3n) is 2.81. The molecule has 1 atom stereocenters. The van der Waals surface area contributed by atoms with E-state index >= 15 is 0 Å². The van der Waals surface area contributed by atoms with Gasteiger partial charge in [-0.3, -0.25) is 4.99 Å². The SMILES string of the molecule is CC1CN=C(Nc2ccc3ccccc3c2)S1. The lowest BCUT2D eigenvalue weighted by Gasteiger charge is -2.07. The van der Waals surface area contributed by atoms with E-state index in [-0.39, 0.29) is 0 Å². The third-order valence-corrected chi connectivity index (χ3v) is 3.81. The van der Waals surface area contributed by atoms with E-state index in [2.05, 4.69) is 59.7 Å². The summed E-state index contributed by atoms with van der Waals surface area (Å²) >= 11 is 1.80. The Morgan fingerprint density at radius 1 is 1.18 bits per heavy atom. The summed E-state index contributed by atoms with van der Waals surface area (Å²) in [7, 11) is 0. The van der Waals surface area contributed by atoms with Gasteiger partial charge in [0.1, 0.15) is 0 Å². The van der Waals surface area contributed by atoms with Crippen molar-refractivity contribution in [2.75, 3.05) is 11.9 Å². The van der Waals surface area contributed by atoms with Crippen molar-refractivity contribution in [1.29, 1.82) is 0 Å². The molecule has 17 heavy (non-hydrogen) atoms. The van der Waals surface area contributed by atoms with E-state index in [0.717, 1.165) is 17.4 Å². The van der Waals surface area contributed by atoms with Crippen LogP contribution in [-0.4, -0.2) is 17.0 Å². The van der Waals surface area contributed by atoms with Crippen LogP contribution in [0.4, 0.5) is 5.69 Å². The molecule has 0 amide bonds. The zero-order valence-electron chi connectivity index (χ0n) is 9.68. The average molecular weight is 242 g/mol. The summed E-state index contributed by atoms with van der Waals surface area (Å²) in [5.41, 5.74) is 1.11. The van der Waals surface area contributed by atoms with Crippen molar-refractivity contribution in [3.05, 3.63) is 42.5 Å². The first kappa shape index (κ1) is 10.7. The van der Waals surface area contributed by atoms with Gasteiger partial charge in [-0.15, -0.1) is 0 Å². The number of fused-ring (bicyclic) bond motifs is 1. The molecule has 2 nitrogen and oxygen atoms in total. The van der Waals surface area contributed by atoms with Crippen molar-refractivity contribution < 1.29 is 0 Å². The second-order valence-electron chi connectivity index (χ2n) is 4.26. The molecule has 0 saturated heterocycles. The van der Waals surface area contributed by atoms with Crippen LogP contribution in [0.1, 0.15) is 6.92 Å². The third kappa shape index (κ3) is 2.29. The number of nitrogens with one attached hydrogen (secondary N) is 1. The summed E-state index contributed by atoms with van der Waals surface area (Å²) in [4.78, 5) is 4.46. The Labute approximate surface area is 105 Å². The largest absolute Gasteiger partial charge is 0.335 e. The number of aliphatic imine (C=N–C) groups is 1. The Morgan fingerprint density at radius 3 is 2.76 bits per heavy atom. The van der Waals surface area contributed by atoms with Crippen LogP contribution in [0.3, 0.4) is 0 Å². The van der Waals surface area contributed by atoms with E-state index in [9.17, 15) is 0 Å². The summed E-state index contributed by atoms with van der Waals surface area (Å²) < 4.78 is 0. The first-order chi connectivity index (χ1) is 8.31. The molecule has 1 aliphatic rings. The standard InChI is InChI=1S/C14H14N2S/c1-10-9-15-14(17-10)16-13-7-6-11-4-2-3-5-12(11)8-13/h2-8,10H,9H2,1H3,(H,15,16). The fourth-order valence-electron chi connectivity index (χ4n) is 1.94. The van der Waals surface area contributed by atoms with Crippen LogP contribution in [0.5, 0.6) is 0 Å². The second kappa shape index (κ2) is 4.41. The Morgan fingerprint density at radius 2 is 2.00 bits per heavy atom. The Hall–Kier alpha value is -1.48. The number of amidine groups is 1. The van der Waals surface area contributed by atoms with E-state index in [0.29, 0.717) is 5.25 Å². The number of hydrogen-bond acceptors (Lipinski definition) is 3. The minimum Gasteiger partial charge on any atom is -0.335 e. The number of nitrogens with zero attached hydrogens (tertiary/aromatic N) is 1. The summed E-state index contributed by atoms with van der Waals surface area (Å²) in [5, 5.41) is 7.54. The lowest BCUT2D eigenvalue weighted by molar-refractivity contribution is 0.976. The topological polar surface area (TPSA) is 24.4 Å². The van der Waals surface area contributed by atoms with Crippen molar-refractivity contribution in [1.82, 2.24) is 0 Å². The van der Waals surface area contributed by atoms with Crippen LogP contribution in [-0.2, 0) is 0 Å². The maximum Gasteiger partial charge on any atom is 0.161 e. The molecule has 0 fully saturated rings. The first-order valence-corrected chi connectivity index (χ1v) is 6.66. The lowest BCUT2D eigenvalue weighted by Crippen LogP contribution is -2.05. The highest BCUT2D eigenvalue weighted by Crippen LogP contribution is 2.24. The predicted molar refractivity (Wildman–Crippen MR) is 76.9 cm³/mol. The molecule has 0 radical (unpaired) electrons. The maximum absolute atomic E-state index is 4.46. The number of hydrogen-bond donors (Lipinski definition) is 1. The van der Waals surface area contributed by atoms with Crippen molar-refractivity contribution in [3.63, 3.8) is 0 Å². The first-order valence-electron chi connectivity index (χ1n) is 5.78. The molecular formula is C14H14N2S. The Balaban J connectivity index is 1.86. The fraction of sp³-hybridized carbons (Fsp3) is 0.214. The number of thioether (sulfide) groups is 1. The minimum absolute atomic E-state index is 0.595. The summed E-state index contributed by atoms with van der Waals surface area (Å²) in [5.74, 6) is 0. The molecule has 86 valence electrons. The molecule has 1 heterocycles. The van der Waals surface area contributed by atoms with Gasteiger partial charge in [0, 0.05) is 10.9 Å². The second-order valence-corrected chi connectivity index (χ2v) is 5.69. The van der Waals surface area contributed by atoms with E-state index in [1.54, 1.807) is 11.8 Å². The van der Waals surface area contributed by atoms with Crippen LogP contribution in [0.2, 0.25) is 0 Å². The smallest absolute Gasteiger partial charge is 0.161 e. The molecule has 0 aliphatic carbocycles. The summed E-state index contributed by atoms with van der Waals surface area (Å²) in [6, 6.07) is 14.8. The molecule has 1 unspecified atom stereocenters. The Bertz CT molecular complexity index is 577. The molecule has 3 rings (SSSR count). The van der Waals surface area contributed by atoms with Crippen molar-refractivity contribution in [2.24, 2.45) is 4.99 Å². The zero-order valence-corrected chi connectivity index (χ0v) is 10.5. The summed E-state index contributed by atoms with van der Waals surface area (Å²) in [6.07, 6.45) is 0. The molecule has 2 aromatic carbocycles. The minimum atomic E-state index is 0.595. The van der Waals surface area contributed by atoms with E-state index in [4.69, 9.17) is 0 Å². The van der Waals surface area contributed by atoms with Crippen LogP contribution in [0.25, 0.3) is 10.8 Å². The van der Waals surface area contributed by atoms with Crippen molar-refractivity contribution >= 4 is 33.4 Å². The van der Waals surface area contributed by atoms with Gasteiger partial charge in [0.05, 0.1) is 6.54 Å². The van der Waals surface area contributed by atoms with Gasteiger partial charge in [0.25, 0.3) is 0 Å². The highest BCUT2D eigenvalue weighted by atomic mass is 32.2. The van der Waals surface area contributed by atoms with E-state index in [1.807, 2.05) is 0 Å². The molecule has 0 spiro atoms. The number of anilines is 1. The van der Waals surface area contributed by atoms with Gasteiger partial charge in [-0.1, -0.05) is 49.0 Å². The quantitative estimate of drug-likeness (QED) is 0.823. The van der Waals surface area contributed by atoms with Crippen LogP contribution < -0.4 is 5.32 Å². The molecule has 1 aliphatic heterocycles. The van der Waals surface area contributed by atoms with E-state index in [1.165, 1.54) is 10.8 Å². The molecule has 0 saturated carbocycles.